The van der Waals surface area contributed by atoms with E-state index in [-0.39, 0.29) is 23.6 Å². The first kappa shape index (κ1) is 25.7. The molecule has 1 aliphatic rings. The van der Waals surface area contributed by atoms with Crippen LogP contribution in [0.3, 0.4) is 0 Å². The number of hydroxylamine groups is 2. The Morgan fingerprint density at radius 3 is 2.53 bits per heavy atom. The smallest absolute Gasteiger partial charge is 0.330 e. The van der Waals surface area contributed by atoms with Crippen LogP contribution in [0.15, 0.2) is 54.6 Å². The van der Waals surface area contributed by atoms with Crippen LogP contribution < -0.4 is 15.8 Å². The molecule has 0 saturated carbocycles. The van der Waals surface area contributed by atoms with E-state index in [1.54, 1.807) is 23.3 Å². The number of piperidine rings is 1. The van der Waals surface area contributed by atoms with Crippen LogP contribution in [0.25, 0.3) is 0 Å². The van der Waals surface area contributed by atoms with Gasteiger partial charge in [-0.1, -0.05) is 53.8 Å². The summed E-state index contributed by atoms with van der Waals surface area (Å²) in [6.45, 7) is 7.18. The second-order valence-electron chi connectivity index (χ2n) is 9.84. The number of nitrogens with zero attached hydrogens (tertiary/aromatic N) is 2. The van der Waals surface area contributed by atoms with Gasteiger partial charge < -0.3 is 20.6 Å². The number of nitrogen functional groups attached to an aromatic ring is 1. The van der Waals surface area contributed by atoms with Crippen molar-refractivity contribution in [2.45, 2.75) is 46.3 Å². The zero-order chi connectivity index (χ0) is 25.7. The Morgan fingerprint density at radius 2 is 1.83 bits per heavy atom. The van der Waals surface area contributed by atoms with Gasteiger partial charge in [0.15, 0.2) is 5.13 Å². The quantitative estimate of drug-likeness (QED) is 0.413. The van der Waals surface area contributed by atoms with Crippen LogP contribution >= 0.6 is 11.3 Å². The van der Waals surface area contributed by atoms with Crippen molar-refractivity contribution in [3.05, 3.63) is 70.6 Å². The second-order valence-corrected chi connectivity index (χ2v) is 10.8. The molecular weight excluding hydrogens is 476 g/mol. The molecule has 1 aromatic heterocycles. The lowest BCUT2D eigenvalue weighted by Gasteiger charge is -2.32. The molecule has 2 aromatic carbocycles. The summed E-state index contributed by atoms with van der Waals surface area (Å²) in [6.07, 6.45) is 1.56. The van der Waals surface area contributed by atoms with Crippen molar-refractivity contribution in [3.8, 4) is 5.75 Å². The fourth-order valence-corrected chi connectivity index (χ4v) is 4.60. The number of anilines is 2. The summed E-state index contributed by atoms with van der Waals surface area (Å²) < 4.78 is 5.86. The van der Waals surface area contributed by atoms with E-state index in [4.69, 9.17) is 15.3 Å². The van der Waals surface area contributed by atoms with Gasteiger partial charge in [-0.15, -0.1) is 5.06 Å². The van der Waals surface area contributed by atoms with Crippen LogP contribution in [0.1, 0.15) is 54.4 Å². The summed E-state index contributed by atoms with van der Waals surface area (Å²) in [5.74, 6) is 0.399. The highest BCUT2D eigenvalue weighted by molar-refractivity contribution is 7.18. The molecule has 0 unspecified atom stereocenters. The predicted molar refractivity (Wildman–Crippen MR) is 141 cm³/mol. The van der Waals surface area contributed by atoms with Crippen LogP contribution in [-0.2, 0) is 16.2 Å². The van der Waals surface area contributed by atoms with E-state index in [9.17, 15) is 9.59 Å². The molecule has 36 heavy (non-hydrogen) atoms. The summed E-state index contributed by atoms with van der Waals surface area (Å²) in [5, 5.41) is 5.71. The van der Waals surface area contributed by atoms with Crippen molar-refractivity contribution in [1.29, 1.82) is 0 Å². The van der Waals surface area contributed by atoms with Crippen LogP contribution in [-0.4, -0.2) is 40.9 Å². The normalized spacial score (nSPS) is 14.9. The first-order chi connectivity index (χ1) is 17.2. The Bertz CT molecular complexity index is 1200. The molecule has 3 aromatic rings. The first-order valence-electron chi connectivity index (χ1n) is 12.0. The lowest BCUT2D eigenvalue weighted by molar-refractivity contribution is -0.204. The maximum Gasteiger partial charge on any atom is 0.330 e. The number of hydrogen-bond acceptors (Lipinski definition) is 9. The lowest BCUT2D eigenvalue weighted by atomic mass is 9.98. The van der Waals surface area contributed by atoms with Crippen molar-refractivity contribution in [2.75, 3.05) is 24.1 Å². The minimum absolute atomic E-state index is 0.151. The van der Waals surface area contributed by atoms with E-state index in [1.165, 1.54) is 11.3 Å². The molecule has 0 radical (unpaired) electrons. The monoisotopic (exact) mass is 508 g/mol. The third-order valence-electron chi connectivity index (χ3n) is 5.81. The molecule has 0 atom stereocenters. The number of ketones is 1. The number of rotatable bonds is 8. The van der Waals surface area contributed by atoms with Crippen molar-refractivity contribution in [1.82, 2.24) is 10.0 Å². The van der Waals surface area contributed by atoms with Gasteiger partial charge in [0, 0.05) is 24.7 Å². The highest BCUT2D eigenvalue weighted by atomic mass is 32.1. The molecule has 2 heterocycles. The van der Waals surface area contributed by atoms with Crippen LogP contribution in [0.2, 0.25) is 0 Å². The van der Waals surface area contributed by atoms with Gasteiger partial charge in [-0.2, -0.15) is 0 Å². The minimum Gasteiger partial charge on any atom is -0.489 e. The maximum atomic E-state index is 13.2. The molecule has 4 rings (SSSR count). The molecule has 1 saturated heterocycles. The SMILES string of the molecule is CC(C)(C)C(=O)ON1CCC(Nc2nc(N)c(C(=O)c3cccc(OCc4ccccc4)c3)s2)CC1. The third-order valence-corrected chi connectivity index (χ3v) is 6.81. The van der Waals surface area contributed by atoms with Crippen molar-refractivity contribution >= 4 is 34.0 Å². The fraction of sp³-hybridized carbons (Fsp3) is 0.370. The third kappa shape index (κ3) is 6.61. The zero-order valence-corrected chi connectivity index (χ0v) is 21.6. The van der Waals surface area contributed by atoms with Crippen LogP contribution in [0.4, 0.5) is 10.9 Å². The Morgan fingerprint density at radius 1 is 1.11 bits per heavy atom. The number of hydrogen-bond donors (Lipinski definition) is 2. The zero-order valence-electron chi connectivity index (χ0n) is 20.8. The Hall–Kier alpha value is -3.43. The summed E-state index contributed by atoms with van der Waals surface area (Å²) in [5.41, 5.74) is 7.13. The molecule has 3 N–H and O–H groups in total. The molecule has 190 valence electrons. The summed E-state index contributed by atoms with van der Waals surface area (Å²) >= 11 is 1.25. The van der Waals surface area contributed by atoms with Crippen LogP contribution in [0, 0.1) is 5.41 Å². The van der Waals surface area contributed by atoms with Crippen molar-refractivity contribution in [2.24, 2.45) is 5.41 Å². The number of nitrogens with two attached hydrogens (primary N) is 1. The van der Waals surface area contributed by atoms with Gasteiger partial charge in [0.25, 0.3) is 0 Å². The molecule has 0 aliphatic carbocycles. The van der Waals surface area contributed by atoms with Gasteiger partial charge in [0.1, 0.15) is 23.1 Å². The Labute approximate surface area is 215 Å². The number of thiazole rings is 1. The fourth-order valence-electron chi connectivity index (χ4n) is 3.68. The van der Waals surface area contributed by atoms with Gasteiger partial charge in [-0.25, -0.2) is 9.78 Å². The van der Waals surface area contributed by atoms with Gasteiger partial charge >= 0.3 is 5.97 Å². The van der Waals surface area contributed by atoms with E-state index in [0.29, 0.717) is 41.0 Å². The largest absolute Gasteiger partial charge is 0.489 e. The van der Waals surface area contributed by atoms with E-state index >= 15 is 0 Å². The van der Waals surface area contributed by atoms with E-state index in [0.717, 1.165) is 18.4 Å². The van der Waals surface area contributed by atoms with Crippen molar-refractivity contribution in [3.63, 3.8) is 0 Å². The summed E-state index contributed by atoms with van der Waals surface area (Å²) in [6, 6.07) is 17.1. The number of nitrogens with one attached hydrogen (secondary N) is 1. The predicted octanol–water partition coefficient (Wildman–Crippen LogP) is 4.92. The number of carbonyl (C=O) groups excluding carboxylic acids is 2. The average molecular weight is 509 g/mol. The number of carbonyl (C=O) groups is 2. The summed E-state index contributed by atoms with van der Waals surface area (Å²) in [7, 11) is 0. The van der Waals surface area contributed by atoms with Gasteiger partial charge in [0.05, 0.1) is 5.41 Å². The minimum atomic E-state index is -0.538. The second kappa shape index (κ2) is 11.1. The lowest BCUT2D eigenvalue weighted by Crippen LogP contribution is -2.42. The van der Waals surface area contributed by atoms with Crippen LogP contribution in [0.5, 0.6) is 5.75 Å². The molecule has 1 aliphatic heterocycles. The first-order valence-corrected chi connectivity index (χ1v) is 12.8. The molecule has 0 bridgehead atoms. The number of ether oxygens (including phenoxy) is 1. The Kier molecular flexibility index (Phi) is 7.91. The Balaban J connectivity index is 1.34. The molecular formula is C27H32N4O4S. The number of aromatic nitrogens is 1. The topological polar surface area (TPSA) is 107 Å². The number of benzene rings is 2. The van der Waals surface area contributed by atoms with Crippen molar-refractivity contribution < 1.29 is 19.2 Å². The molecule has 0 amide bonds. The maximum absolute atomic E-state index is 13.2. The summed E-state index contributed by atoms with van der Waals surface area (Å²) in [4.78, 5) is 35.6. The van der Waals surface area contributed by atoms with E-state index in [2.05, 4.69) is 10.3 Å². The highest BCUT2D eigenvalue weighted by Gasteiger charge is 2.29. The molecule has 1 fully saturated rings. The van der Waals surface area contributed by atoms with Gasteiger partial charge in [-0.05, 0) is 51.3 Å². The van der Waals surface area contributed by atoms with Gasteiger partial charge in [0.2, 0.25) is 5.78 Å². The molecule has 8 nitrogen and oxygen atoms in total. The van der Waals surface area contributed by atoms with Gasteiger partial charge in [-0.3, -0.25) is 4.79 Å². The van der Waals surface area contributed by atoms with E-state index in [1.807, 2.05) is 57.2 Å². The molecule has 9 heteroatoms. The standard InChI is InChI=1S/C27H32N4O4S/c1-27(2,3)25(33)35-31-14-12-20(13-15-31)29-26-30-24(28)23(36-26)22(32)19-10-7-11-21(16-19)34-17-18-8-5-4-6-9-18/h4-11,16,20H,12-15,17,28H2,1-3H3,(H,29,30). The molecule has 0 spiro atoms. The van der Waals surface area contributed by atoms with E-state index < -0.39 is 5.41 Å². The highest BCUT2D eigenvalue weighted by Crippen LogP contribution is 2.30. The average Bonchev–Trinajstić information content (AvgIpc) is 3.23.